The molecule has 0 saturated heterocycles. The number of rotatable bonds is 5. The van der Waals surface area contributed by atoms with E-state index in [-0.39, 0.29) is 28.6 Å². The van der Waals surface area contributed by atoms with Crippen molar-refractivity contribution >= 4 is 22.6 Å². The Labute approximate surface area is 177 Å². The van der Waals surface area contributed by atoms with E-state index in [2.05, 4.69) is 5.32 Å². The summed E-state index contributed by atoms with van der Waals surface area (Å²) in [7, 11) is 0. The van der Waals surface area contributed by atoms with E-state index < -0.39 is 28.6 Å². The van der Waals surface area contributed by atoms with Crippen LogP contribution in [0.1, 0.15) is 48.0 Å². The Hall–Kier alpha value is -3.26. The molecule has 31 heavy (non-hydrogen) atoms. The largest absolute Gasteiger partial charge is 0.477 e. The lowest BCUT2D eigenvalue weighted by atomic mass is 9.92. The van der Waals surface area contributed by atoms with Gasteiger partial charge in [-0.3, -0.25) is 4.79 Å². The molecule has 0 bridgehead atoms. The van der Waals surface area contributed by atoms with Crippen LogP contribution in [0.25, 0.3) is 16.6 Å². The number of halogens is 2. The predicted octanol–water partition coefficient (Wildman–Crippen LogP) is 3.79. The molecule has 1 heterocycles. The number of hydrogen-bond acceptors (Lipinski definition) is 4. The van der Waals surface area contributed by atoms with E-state index in [1.54, 1.807) is 0 Å². The lowest BCUT2D eigenvalue weighted by molar-refractivity contribution is 0.0695. The molecule has 1 aliphatic carbocycles. The van der Waals surface area contributed by atoms with Gasteiger partial charge in [-0.1, -0.05) is 6.92 Å². The summed E-state index contributed by atoms with van der Waals surface area (Å²) in [6.45, 7) is 2.83. The summed E-state index contributed by atoms with van der Waals surface area (Å²) in [6, 6.07) is 6.68. The maximum atomic E-state index is 15.2. The average Bonchev–Trinajstić information content (AvgIpc) is 3.17. The van der Waals surface area contributed by atoms with Crippen molar-refractivity contribution in [3.63, 3.8) is 0 Å². The van der Waals surface area contributed by atoms with E-state index in [1.165, 1.54) is 28.8 Å². The third-order valence-corrected chi connectivity index (χ3v) is 5.99. The topological polar surface area (TPSA) is 97.4 Å². The van der Waals surface area contributed by atoms with Crippen LogP contribution in [0.15, 0.2) is 41.3 Å². The van der Waals surface area contributed by atoms with Gasteiger partial charge in [-0.15, -0.1) is 0 Å². The van der Waals surface area contributed by atoms with Crippen LogP contribution in [0, 0.1) is 11.6 Å². The molecule has 4 N–H and O–H groups in total. The van der Waals surface area contributed by atoms with E-state index in [9.17, 15) is 19.1 Å². The zero-order chi connectivity index (χ0) is 22.3. The summed E-state index contributed by atoms with van der Waals surface area (Å²) in [5.74, 6) is -2.63. The molecule has 2 unspecified atom stereocenters. The molecule has 0 spiro atoms. The number of pyridine rings is 1. The number of hydrogen-bond donors (Lipinski definition) is 3. The number of anilines is 1. The van der Waals surface area contributed by atoms with Crippen LogP contribution in [0.3, 0.4) is 0 Å². The first kappa shape index (κ1) is 21.0. The summed E-state index contributed by atoms with van der Waals surface area (Å²) in [5, 5.41) is 12.7. The van der Waals surface area contributed by atoms with Crippen LogP contribution in [0.5, 0.6) is 0 Å². The SMILES string of the molecule is CCNC1CCC(c2c(F)cc3c(=O)c(C(=O)O)cn(-c4ccc(F)cc4)c3c2N)C1. The van der Waals surface area contributed by atoms with Crippen LogP contribution < -0.4 is 16.5 Å². The van der Waals surface area contributed by atoms with Gasteiger partial charge < -0.3 is 20.7 Å². The van der Waals surface area contributed by atoms with Gasteiger partial charge in [-0.05, 0) is 62.1 Å². The number of aromatic nitrogens is 1. The molecular formula is C23H23F2N3O3. The molecule has 162 valence electrons. The molecule has 6 nitrogen and oxygen atoms in total. The molecule has 0 aliphatic heterocycles. The number of nitrogens with one attached hydrogen (secondary N) is 1. The summed E-state index contributed by atoms with van der Waals surface area (Å²) in [4.78, 5) is 24.4. The fourth-order valence-electron chi connectivity index (χ4n) is 4.59. The van der Waals surface area contributed by atoms with Gasteiger partial charge in [0, 0.05) is 23.5 Å². The van der Waals surface area contributed by atoms with Gasteiger partial charge in [0.15, 0.2) is 0 Å². The van der Waals surface area contributed by atoms with Crippen LogP contribution in [-0.4, -0.2) is 28.2 Å². The first-order chi connectivity index (χ1) is 14.8. The highest BCUT2D eigenvalue weighted by Crippen LogP contribution is 2.41. The molecule has 1 aliphatic rings. The Kier molecular flexibility index (Phi) is 5.49. The first-order valence-electron chi connectivity index (χ1n) is 10.2. The Bertz CT molecular complexity index is 1220. The number of aromatic carboxylic acids is 1. The van der Waals surface area contributed by atoms with Crippen molar-refractivity contribution in [1.82, 2.24) is 9.88 Å². The normalized spacial score (nSPS) is 18.5. The van der Waals surface area contributed by atoms with E-state index in [1.807, 2.05) is 6.92 Å². The molecule has 4 rings (SSSR count). The number of carboxylic acids is 1. The van der Waals surface area contributed by atoms with Gasteiger partial charge in [0.25, 0.3) is 0 Å². The minimum atomic E-state index is -1.44. The second-order valence-electron chi connectivity index (χ2n) is 7.87. The van der Waals surface area contributed by atoms with Crippen LogP contribution >= 0.6 is 0 Å². The molecule has 3 aromatic rings. The molecule has 1 fully saturated rings. The Morgan fingerprint density at radius 1 is 1.26 bits per heavy atom. The molecule has 2 atom stereocenters. The third-order valence-electron chi connectivity index (χ3n) is 5.99. The standard InChI is InChI=1S/C23H23F2N3O3/c1-2-27-14-6-3-12(9-14)19-18(25)10-16-21(20(19)26)28(11-17(22(16)29)23(30)31)15-7-4-13(24)5-8-15/h4-5,7-8,10-12,14,27H,2-3,6,9,26H2,1H3,(H,30,31). The van der Waals surface area contributed by atoms with E-state index in [4.69, 9.17) is 5.73 Å². The molecule has 1 saturated carbocycles. The van der Waals surface area contributed by atoms with Crippen molar-refractivity contribution in [3.05, 3.63) is 69.5 Å². The number of nitrogens with two attached hydrogens (primary N) is 1. The van der Waals surface area contributed by atoms with E-state index in [0.717, 1.165) is 31.6 Å². The molecule has 1 aromatic heterocycles. The number of fused-ring (bicyclic) bond motifs is 1. The van der Waals surface area contributed by atoms with Gasteiger partial charge in [0.1, 0.15) is 17.2 Å². The van der Waals surface area contributed by atoms with E-state index >= 15 is 4.39 Å². The molecule has 0 radical (unpaired) electrons. The lowest BCUT2D eigenvalue weighted by Gasteiger charge is -2.20. The van der Waals surface area contributed by atoms with Crippen molar-refractivity contribution in [2.24, 2.45) is 0 Å². The van der Waals surface area contributed by atoms with Crippen molar-refractivity contribution in [2.45, 2.75) is 38.1 Å². The Morgan fingerprint density at radius 2 is 1.97 bits per heavy atom. The summed E-state index contributed by atoms with van der Waals surface area (Å²) in [5.41, 5.74) is 6.20. The monoisotopic (exact) mass is 427 g/mol. The number of benzene rings is 2. The van der Waals surface area contributed by atoms with Crippen LogP contribution in [-0.2, 0) is 0 Å². The molecule has 8 heteroatoms. The molecule has 2 aromatic carbocycles. The Morgan fingerprint density at radius 3 is 2.61 bits per heavy atom. The maximum absolute atomic E-state index is 15.2. The zero-order valence-corrected chi connectivity index (χ0v) is 17.0. The van der Waals surface area contributed by atoms with Crippen LogP contribution in [0.2, 0.25) is 0 Å². The van der Waals surface area contributed by atoms with Gasteiger partial charge in [-0.25, -0.2) is 13.6 Å². The predicted molar refractivity (Wildman–Crippen MR) is 115 cm³/mol. The van der Waals surface area contributed by atoms with Gasteiger partial charge >= 0.3 is 5.97 Å². The van der Waals surface area contributed by atoms with Crippen molar-refractivity contribution < 1.29 is 18.7 Å². The van der Waals surface area contributed by atoms with Crippen molar-refractivity contribution in [1.29, 1.82) is 0 Å². The summed E-state index contributed by atoms with van der Waals surface area (Å²) in [6.07, 6.45) is 3.51. The third kappa shape index (κ3) is 3.67. The second kappa shape index (κ2) is 8.11. The summed E-state index contributed by atoms with van der Waals surface area (Å²) >= 11 is 0. The fourth-order valence-corrected chi connectivity index (χ4v) is 4.59. The number of nitrogens with zero attached hydrogens (tertiary/aromatic N) is 1. The number of nitrogen functional groups attached to an aromatic ring is 1. The maximum Gasteiger partial charge on any atom is 0.341 e. The molecule has 0 amide bonds. The van der Waals surface area contributed by atoms with Gasteiger partial charge in [-0.2, -0.15) is 0 Å². The first-order valence-corrected chi connectivity index (χ1v) is 10.2. The zero-order valence-electron chi connectivity index (χ0n) is 17.0. The minimum Gasteiger partial charge on any atom is -0.477 e. The van der Waals surface area contributed by atoms with Crippen molar-refractivity contribution in [2.75, 3.05) is 12.3 Å². The fraction of sp³-hybridized carbons (Fsp3) is 0.304. The highest BCUT2D eigenvalue weighted by Gasteiger charge is 2.31. The molecular weight excluding hydrogens is 404 g/mol. The highest BCUT2D eigenvalue weighted by molar-refractivity contribution is 5.98. The Balaban J connectivity index is 1.99. The van der Waals surface area contributed by atoms with Crippen LogP contribution in [0.4, 0.5) is 14.5 Å². The van der Waals surface area contributed by atoms with Crippen molar-refractivity contribution in [3.8, 4) is 5.69 Å². The smallest absolute Gasteiger partial charge is 0.341 e. The average molecular weight is 427 g/mol. The second-order valence-corrected chi connectivity index (χ2v) is 7.87. The van der Waals surface area contributed by atoms with E-state index in [0.29, 0.717) is 17.7 Å². The number of carboxylic acid groups (broad SMARTS) is 1. The number of carbonyl (C=O) groups is 1. The van der Waals surface area contributed by atoms with Gasteiger partial charge in [0.05, 0.1) is 16.6 Å². The summed E-state index contributed by atoms with van der Waals surface area (Å²) < 4.78 is 30.1. The lowest BCUT2D eigenvalue weighted by Crippen LogP contribution is -2.25. The minimum absolute atomic E-state index is 0.107. The van der Waals surface area contributed by atoms with Gasteiger partial charge in [0.2, 0.25) is 5.43 Å². The quantitative estimate of drug-likeness (QED) is 0.538. The highest BCUT2D eigenvalue weighted by atomic mass is 19.1.